The van der Waals surface area contributed by atoms with E-state index in [1.165, 1.54) is 0 Å². The van der Waals surface area contributed by atoms with E-state index < -0.39 is 0 Å². The van der Waals surface area contributed by atoms with Crippen molar-refractivity contribution in [2.24, 2.45) is 4.99 Å². The molecule has 0 unspecified atom stereocenters. The van der Waals surface area contributed by atoms with Crippen LogP contribution in [0.1, 0.15) is 6.42 Å². The molecule has 0 aliphatic heterocycles. The van der Waals surface area contributed by atoms with Gasteiger partial charge in [0.2, 0.25) is 0 Å². The zero-order chi connectivity index (χ0) is 19.3. The summed E-state index contributed by atoms with van der Waals surface area (Å²) in [6.07, 6.45) is 6.62. The topological polar surface area (TPSA) is 35.1 Å². The minimum Gasteiger partial charge on any atom is -0.337 e. The molecule has 2 heterocycles. The molecule has 0 bridgehead atoms. The Bertz CT molecular complexity index is 1130. The molecule has 0 N–H and O–H groups in total. The summed E-state index contributed by atoms with van der Waals surface area (Å²) in [5.41, 5.74) is 3.09. The number of aryl methyl sites for hydroxylation is 1. The Hall–Kier alpha value is -2.15. The van der Waals surface area contributed by atoms with Gasteiger partial charge in [0, 0.05) is 40.9 Å². The van der Waals surface area contributed by atoms with E-state index >= 15 is 0 Å². The van der Waals surface area contributed by atoms with Crippen molar-refractivity contribution >= 4 is 44.6 Å². The fourth-order valence-corrected chi connectivity index (χ4v) is 4.60. The summed E-state index contributed by atoms with van der Waals surface area (Å²) < 4.78 is 5.43. The molecule has 0 saturated heterocycles. The van der Waals surface area contributed by atoms with Gasteiger partial charge in [0.1, 0.15) is 0 Å². The number of rotatable bonds is 6. The first kappa shape index (κ1) is 19.2. The van der Waals surface area contributed by atoms with Crippen LogP contribution in [0.5, 0.6) is 0 Å². The van der Waals surface area contributed by atoms with Crippen molar-refractivity contribution in [2.75, 3.05) is 0 Å². The van der Waals surface area contributed by atoms with E-state index in [0.29, 0.717) is 5.02 Å². The van der Waals surface area contributed by atoms with Crippen LogP contribution in [0.15, 0.2) is 82.1 Å². The van der Waals surface area contributed by atoms with E-state index in [2.05, 4.69) is 53.6 Å². The third kappa shape index (κ3) is 4.29. The van der Waals surface area contributed by atoms with Crippen LogP contribution in [0.3, 0.4) is 0 Å². The molecule has 0 saturated carbocycles. The Morgan fingerprint density at radius 3 is 2.68 bits per heavy atom. The highest BCUT2D eigenvalue weighted by Crippen LogP contribution is 2.29. The van der Waals surface area contributed by atoms with E-state index in [1.54, 1.807) is 11.3 Å². The average Bonchev–Trinajstić information content (AvgIpc) is 3.35. The first-order valence-electron chi connectivity index (χ1n) is 8.90. The Balaban J connectivity index is 1.73. The third-order valence-corrected chi connectivity index (χ3v) is 6.25. The Labute approximate surface area is 180 Å². The van der Waals surface area contributed by atoms with Crippen molar-refractivity contribution in [2.45, 2.75) is 19.5 Å². The lowest BCUT2D eigenvalue weighted by molar-refractivity contribution is 0.559. The summed E-state index contributed by atoms with van der Waals surface area (Å²) in [4.78, 5) is 9.90. The molecule has 4 aromatic rings. The van der Waals surface area contributed by atoms with Gasteiger partial charge in [-0.2, -0.15) is 0 Å². The first-order valence-corrected chi connectivity index (χ1v) is 11.0. The van der Waals surface area contributed by atoms with Gasteiger partial charge in [-0.1, -0.05) is 57.9 Å². The smallest absolute Gasteiger partial charge is 0.190 e. The van der Waals surface area contributed by atoms with Gasteiger partial charge in [-0.25, -0.2) is 9.98 Å². The van der Waals surface area contributed by atoms with Crippen LogP contribution in [0, 0.1) is 0 Å². The highest BCUT2D eigenvalue weighted by Gasteiger charge is 2.11. The van der Waals surface area contributed by atoms with Crippen LogP contribution < -0.4 is 4.80 Å². The van der Waals surface area contributed by atoms with Crippen LogP contribution in [-0.4, -0.2) is 14.1 Å². The van der Waals surface area contributed by atoms with Crippen LogP contribution >= 0.6 is 38.9 Å². The van der Waals surface area contributed by atoms with Crippen LogP contribution in [0.4, 0.5) is 5.69 Å². The number of halogens is 2. The first-order chi connectivity index (χ1) is 13.7. The van der Waals surface area contributed by atoms with Crippen molar-refractivity contribution in [3.8, 4) is 11.3 Å². The van der Waals surface area contributed by atoms with Gasteiger partial charge in [-0.3, -0.25) is 0 Å². The van der Waals surface area contributed by atoms with Crippen molar-refractivity contribution in [3.63, 3.8) is 0 Å². The summed E-state index contributed by atoms with van der Waals surface area (Å²) in [5.74, 6) is 0. The molecule has 2 aromatic heterocycles. The van der Waals surface area contributed by atoms with Gasteiger partial charge in [0.15, 0.2) is 4.80 Å². The average molecular weight is 474 g/mol. The van der Waals surface area contributed by atoms with Crippen LogP contribution in [0.2, 0.25) is 5.02 Å². The lowest BCUT2D eigenvalue weighted by Gasteiger charge is -2.11. The predicted molar refractivity (Wildman–Crippen MR) is 119 cm³/mol. The number of hydrogen-bond donors (Lipinski definition) is 0. The van der Waals surface area contributed by atoms with Gasteiger partial charge in [-0.05, 0) is 24.6 Å². The molecule has 142 valence electrons. The maximum Gasteiger partial charge on any atom is 0.190 e. The standard InChI is InChI=1S/C21H18BrClN4S/c22-17-7-2-1-6-16(17)20-14-28-21(25-19-9-4-3-8-18(19)23)27(20)12-5-11-26-13-10-24-15-26/h1-4,6-10,13-15H,5,11-12H2. The summed E-state index contributed by atoms with van der Waals surface area (Å²) in [6, 6.07) is 15.9. The number of hydrogen-bond acceptors (Lipinski definition) is 3. The van der Waals surface area contributed by atoms with E-state index in [-0.39, 0.29) is 0 Å². The highest BCUT2D eigenvalue weighted by molar-refractivity contribution is 9.10. The van der Waals surface area contributed by atoms with Gasteiger partial charge >= 0.3 is 0 Å². The van der Waals surface area contributed by atoms with E-state index in [4.69, 9.17) is 16.6 Å². The second kappa shape index (κ2) is 8.90. The van der Waals surface area contributed by atoms with Crippen molar-refractivity contribution in [1.29, 1.82) is 0 Å². The zero-order valence-electron chi connectivity index (χ0n) is 15.0. The Morgan fingerprint density at radius 2 is 1.89 bits per heavy atom. The number of para-hydroxylation sites is 1. The van der Waals surface area contributed by atoms with Gasteiger partial charge < -0.3 is 9.13 Å². The quantitative estimate of drug-likeness (QED) is 0.331. The van der Waals surface area contributed by atoms with Crippen LogP contribution in [-0.2, 0) is 13.1 Å². The largest absolute Gasteiger partial charge is 0.337 e. The Kier molecular flexibility index (Phi) is 6.10. The molecule has 0 aliphatic carbocycles. The second-order valence-corrected chi connectivity index (χ2v) is 8.35. The van der Waals surface area contributed by atoms with E-state index in [0.717, 1.165) is 45.7 Å². The molecule has 28 heavy (non-hydrogen) atoms. The normalized spacial score (nSPS) is 11.9. The molecular weight excluding hydrogens is 456 g/mol. The molecule has 4 rings (SSSR count). The molecule has 0 radical (unpaired) electrons. The molecule has 0 spiro atoms. The number of benzene rings is 2. The number of imidazole rings is 1. The third-order valence-electron chi connectivity index (χ3n) is 4.37. The molecule has 0 fully saturated rings. The lowest BCUT2D eigenvalue weighted by Crippen LogP contribution is -2.17. The van der Waals surface area contributed by atoms with Crippen molar-refractivity contribution in [1.82, 2.24) is 14.1 Å². The summed E-state index contributed by atoms with van der Waals surface area (Å²) >= 11 is 11.6. The fraction of sp³-hybridized carbons (Fsp3) is 0.143. The van der Waals surface area contributed by atoms with Gasteiger partial charge in [0.25, 0.3) is 0 Å². The monoisotopic (exact) mass is 472 g/mol. The number of thiazole rings is 1. The van der Waals surface area contributed by atoms with Crippen molar-refractivity contribution < 1.29 is 0 Å². The maximum atomic E-state index is 6.33. The lowest BCUT2D eigenvalue weighted by atomic mass is 10.2. The highest BCUT2D eigenvalue weighted by atomic mass is 79.9. The zero-order valence-corrected chi connectivity index (χ0v) is 18.2. The second-order valence-electron chi connectivity index (χ2n) is 6.25. The molecular formula is C21H18BrClN4S. The predicted octanol–water partition coefficient (Wildman–Crippen LogP) is 6.15. The van der Waals surface area contributed by atoms with Crippen LogP contribution in [0.25, 0.3) is 11.3 Å². The molecule has 4 nitrogen and oxygen atoms in total. The molecule has 0 atom stereocenters. The summed E-state index contributed by atoms with van der Waals surface area (Å²) in [6.45, 7) is 1.76. The number of nitrogens with zero attached hydrogens (tertiary/aromatic N) is 4. The fourth-order valence-electron chi connectivity index (χ4n) is 3.00. The number of aromatic nitrogens is 3. The molecule has 2 aromatic carbocycles. The molecule has 0 aliphatic rings. The summed E-state index contributed by atoms with van der Waals surface area (Å²) in [7, 11) is 0. The molecule has 0 amide bonds. The van der Waals surface area contributed by atoms with Gasteiger partial charge in [-0.15, -0.1) is 11.3 Å². The minimum absolute atomic E-state index is 0.656. The minimum atomic E-state index is 0.656. The Morgan fingerprint density at radius 1 is 1.07 bits per heavy atom. The van der Waals surface area contributed by atoms with Crippen molar-refractivity contribution in [3.05, 3.63) is 86.9 Å². The molecule has 7 heteroatoms. The SMILES string of the molecule is Clc1ccccc1N=c1scc(-c2ccccc2Br)n1CCCn1ccnc1. The maximum absolute atomic E-state index is 6.33. The summed E-state index contributed by atoms with van der Waals surface area (Å²) in [5, 5.41) is 2.82. The van der Waals surface area contributed by atoms with E-state index in [9.17, 15) is 0 Å². The van der Waals surface area contributed by atoms with Gasteiger partial charge in [0.05, 0.1) is 22.7 Å². The van der Waals surface area contributed by atoms with E-state index in [1.807, 2.05) is 49.1 Å².